The maximum atomic E-state index is 12.6. The Kier molecular flexibility index (Phi) is 5.39. The van der Waals surface area contributed by atoms with Crippen LogP contribution in [0.4, 0.5) is 0 Å². The van der Waals surface area contributed by atoms with Crippen LogP contribution in [-0.4, -0.2) is 25.5 Å². The van der Waals surface area contributed by atoms with Crippen molar-refractivity contribution in [3.63, 3.8) is 0 Å². The topological polar surface area (TPSA) is 85.1 Å². The first-order valence-corrected chi connectivity index (χ1v) is 9.44. The monoisotopic (exact) mass is 335 g/mol. The number of nitrogens with one attached hydrogen (secondary N) is 1. The van der Waals surface area contributed by atoms with E-state index in [1.165, 1.54) is 0 Å². The van der Waals surface area contributed by atoms with Crippen molar-refractivity contribution < 1.29 is 8.42 Å². The molecule has 2 aromatic rings. The van der Waals surface area contributed by atoms with Gasteiger partial charge in [0.05, 0.1) is 11.3 Å². The van der Waals surface area contributed by atoms with E-state index in [1.54, 1.807) is 12.3 Å². The van der Waals surface area contributed by atoms with Crippen molar-refractivity contribution in [1.82, 2.24) is 9.71 Å². The minimum Gasteiger partial charge on any atom is -0.329 e. The third-order valence-corrected chi connectivity index (χ3v) is 5.27. The summed E-state index contributed by atoms with van der Waals surface area (Å²) < 4.78 is 28.0. The predicted molar refractivity (Wildman–Crippen MR) is 94.4 cm³/mol. The Morgan fingerprint density at radius 2 is 1.96 bits per heavy atom. The molecule has 5 nitrogen and oxygen atoms in total. The number of benzene rings is 1. The largest absolute Gasteiger partial charge is 0.329 e. The molecule has 1 heterocycles. The maximum absolute atomic E-state index is 12.6. The fourth-order valence-corrected chi connectivity index (χ4v) is 4.60. The Morgan fingerprint density at radius 3 is 2.61 bits per heavy atom. The zero-order valence-electron chi connectivity index (χ0n) is 13.9. The second kappa shape index (κ2) is 6.95. The predicted octanol–water partition coefficient (Wildman–Crippen LogP) is 2.42. The molecule has 0 amide bonds. The second-order valence-electron chi connectivity index (χ2n) is 6.72. The number of para-hydroxylation sites is 1. The van der Waals surface area contributed by atoms with Gasteiger partial charge in [-0.1, -0.05) is 38.1 Å². The third-order valence-electron chi connectivity index (χ3n) is 3.77. The molecule has 0 spiro atoms. The Labute approximate surface area is 138 Å². The van der Waals surface area contributed by atoms with E-state index in [1.807, 2.05) is 31.2 Å². The number of sulfonamides is 1. The summed E-state index contributed by atoms with van der Waals surface area (Å²) in [6.07, 6.45) is 2.37. The van der Waals surface area contributed by atoms with Crippen LogP contribution in [0.5, 0.6) is 0 Å². The third kappa shape index (κ3) is 4.73. The number of hydrogen-bond donors (Lipinski definition) is 2. The van der Waals surface area contributed by atoms with Gasteiger partial charge in [-0.2, -0.15) is 0 Å². The molecule has 0 saturated carbocycles. The Bertz CT molecular complexity index is 769. The molecule has 0 aliphatic rings. The quantitative estimate of drug-likeness (QED) is 0.814. The smallest absolute Gasteiger partial charge is 0.216 e. The van der Waals surface area contributed by atoms with Crippen molar-refractivity contribution in [1.29, 1.82) is 0 Å². The van der Waals surface area contributed by atoms with Gasteiger partial charge in [-0.25, -0.2) is 13.1 Å². The van der Waals surface area contributed by atoms with Crippen molar-refractivity contribution in [3.05, 3.63) is 42.1 Å². The van der Waals surface area contributed by atoms with Crippen LogP contribution in [0.15, 0.2) is 36.5 Å². The van der Waals surface area contributed by atoms with E-state index in [2.05, 4.69) is 23.6 Å². The van der Waals surface area contributed by atoms with Crippen LogP contribution in [0.3, 0.4) is 0 Å². The molecule has 6 heteroatoms. The Balaban J connectivity index is 2.26. The normalized spacial score (nSPS) is 15.0. The lowest BCUT2D eigenvalue weighted by Crippen LogP contribution is -2.52. The summed E-state index contributed by atoms with van der Waals surface area (Å²) in [4.78, 5) is 4.31. The van der Waals surface area contributed by atoms with E-state index in [9.17, 15) is 8.42 Å². The SMILES string of the molecule is CC(C)CC(C)(CN)NS(=O)(=O)Cc1cccc2cccnc12. The summed E-state index contributed by atoms with van der Waals surface area (Å²) >= 11 is 0. The van der Waals surface area contributed by atoms with Gasteiger partial charge in [0.25, 0.3) is 0 Å². The van der Waals surface area contributed by atoms with Gasteiger partial charge in [0.15, 0.2) is 0 Å². The first kappa shape index (κ1) is 17.8. The number of nitrogens with two attached hydrogens (primary N) is 1. The van der Waals surface area contributed by atoms with Gasteiger partial charge in [0, 0.05) is 23.7 Å². The highest BCUT2D eigenvalue weighted by Gasteiger charge is 2.29. The highest BCUT2D eigenvalue weighted by molar-refractivity contribution is 7.88. The first-order chi connectivity index (χ1) is 10.7. The number of aromatic nitrogens is 1. The average Bonchev–Trinajstić information content (AvgIpc) is 2.46. The van der Waals surface area contributed by atoms with Crippen LogP contribution in [0, 0.1) is 5.92 Å². The van der Waals surface area contributed by atoms with Crippen LogP contribution in [-0.2, 0) is 15.8 Å². The van der Waals surface area contributed by atoms with Crippen molar-refractivity contribution in [2.24, 2.45) is 11.7 Å². The molecule has 23 heavy (non-hydrogen) atoms. The molecule has 0 saturated heterocycles. The van der Waals surface area contributed by atoms with Gasteiger partial charge in [0.1, 0.15) is 0 Å². The molecule has 0 aliphatic heterocycles. The summed E-state index contributed by atoms with van der Waals surface area (Å²) in [6.45, 7) is 6.22. The molecular formula is C17H25N3O2S. The van der Waals surface area contributed by atoms with Gasteiger partial charge in [0.2, 0.25) is 10.0 Å². The van der Waals surface area contributed by atoms with Crippen molar-refractivity contribution >= 4 is 20.9 Å². The van der Waals surface area contributed by atoms with E-state index in [0.29, 0.717) is 17.9 Å². The van der Waals surface area contributed by atoms with Gasteiger partial charge in [-0.05, 0) is 30.9 Å². The molecule has 126 valence electrons. The van der Waals surface area contributed by atoms with Gasteiger partial charge in [-0.15, -0.1) is 0 Å². The molecule has 3 N–H and O–H groups in total. The van der Waals surface area contributed by atoms with E-state index >= 15 is 0 Å². The number of fused-ring (bicyclic) bond motifs is 1. The molecular weight excluding hydrogens is 310 g/mol. The molecule has 2 rings (SSSR count). The van der Waals surface area contributed by atoms with Crippen LogP contribution in [0.25, 0.3) is 10.9 Å². The summed E-state index contributed by atoms with van der Waals surface area (Å²) in [5.74, 6) is 0.250. The molecule has 0 fully saturated rings. The van der Waals surface area contributed by atoms with Crippen molar-refractivity contribution in [3.8, 4) is 0 Å². The summed E-state index contributed by atoms with van der Waals surface area (Å²) in [7, 11) is -3.51. The van der Waals surface area contributed by atoms with E-state index < -0.39 is 15.6 Å². The molecule has 1 unspecified atom stereocenters. The average molecular weight is 335 g/mol. The first-order valence-electron chi connectivity index (χ1n) is 7.79. The number of rotatable bonds is 7. The van der Waals surface area contributed by atoms with Crippen LogP contribution in [0.2, 0.25) is 0 Å². The zero-order valence-corrected chi connectivity index (χ0v) is 14.7. The summed E-state index contributed by atoms with van der Waals surface area (Å²) in [6, 6.07) is 9.35. The second-order valence-corrected chi connectivity index (χ2v) is 8.44. The molecule has 0 aliphatic carbocycles. The molecule has 1 aromatic carbocycles. The highest BCUT2D eigenvalue weighted by Crippen LogP contribution is 2.21. The van der Waals surface area contributed by atoms with Crippen molar-refractivity contribution in [2.75, 3.05) is 6.54 Å². The maximum Gasteiger partial charge on any atom is 0.216 e. The number of pyridine rings is 1. The number of hydrogen-bond acceptors (Lipinski definition) is 4. The summed E-state index contributed by atoms with van der Waals surface area (Å²) in [5, 5.41) is 0.934. The fourth-order valence-electron chi connectivity index (χ4n) is 2.97. The molecule has 1 aromatic heterocycles. The standard InChI is InChI=1S/C17H25N3O2S/c1-13(2)10-17(3,12-18)20-23(21,22)11-15-7-4-6-14-8-5-9-19-16(14)15/h4-9,13,20H,10-12,18H2,1-3H3. The minimum absolute atomic E-state index is 0.102. The van der Waals surface area contributed by atoms with Gasteiger partial charge >= 0.3 is 0 Å². The van der Waals surface area contributed by atoms with E-state index in [-0.39, 0.29) is 12.3 Å². The van der Waals surface area contributed by atoms with Crippen LogP contribution < -0.4 is 10.5 Å². The molecule has 0 bridgehead atoms. The van der Waals surface area contributed by atoms with E-state index in [0.717, 1.165) is 10.9 Å². The lowest BCUT2D eigenvalue weighted by Gasteiger charge is -2.30. The number of nitrogens with zero attached hydrogens (tertiary/aromatic N) is 1. The van der Waals surface area contributed by atoms with Crippen LogP contribution >= 0.6 is 0 Å². The Hall–Kier alpha value is -1.50. The van der Waals surface area contributed by atoms with Crippen molar-refractivity contribution in [2.45, 2.75) is 38.5 Å². The van der Waals surface area contributed by atoms with Gasteiger partial charge < -0.3 is 5.73 Å². The lowest BCUT2D eigenvalue weighted by molar-refractivity contribution is 0.344. The Morgan fingerprint density at radius 1 is 1.26 bits per heavy atom. The highest BCUT2D eigenvalue weighted by atomic mass is 32.2. The van der Waals surface area contributed by atoms with E-state index in [4.69, 9.17) is 5.73 Å². The van der Waals surface area contributed by atoms with Crippen LogP contribution in [0.1, 0.15) is 32.8 Å². The zero-order chi connectivity index (χ0) is 17.1. The molecule has 1 atom stereocenters. The lowest BCUT2D eigenvalue weighted by atomic mass is 9.92. The minimum atomic E-state index is -3.51. The van der Waals surface area contributed by atoms with Gasteiger partial charge in [-0.3, -0.25) is 4.98 Å². The fraction of sp³-hybridized carbons (Fsp3) is 0.471. The molecule has 0 radical (unpaired) electrons. The summed E-state index contributed by atoms with van der Waals surface area (Å²) in [5.41, 5.74) is 6.59.